The van der Waals surface area contributed by atoms with Gasteiger partial charge in [-0.25, -0.2) is 4.68 Å². The van der Waals surface area contributed by atoms with Gasteiger partial charge in [0.25, 0.3) is 5.95 Å². The van der Waals surface area contributed by atoms with Gasteiger partial charge in [-0.1, -0.05) is 11.6 Å². The molecule has 0 bridgehead atoms. The SMILES string of the molecule is Clc1ccc(Nc2nc(Cl)nc(-n3cccn3)n2)c(I)c1. The minimum atomic E-state index is 0.0852. The molecule has 0 amide bonds. The molecule has 0 saturated heterocycles. The molecule has 0 radical (unpaired) electrons. The smallest absolute Gasteiger partial charge is 0.256 e. The Morgan fingerprint density at radius 1 is 1.14 bits per heavy atom. The first kappa shape index (κ1) is 14.5. The second-order valence-corrected chi connectivity index (χ2v) is 5.86. The van der Waals surface area contributed by atoms with Gasteiger partial charge in [0, 0.05) is 21.0 Å². The fourth-order valence-corrected chi connectivity index (χ4v) is 2.76. The van der Waals surface area contributed by atoms with E-state index >= 15 is 0 Å². The lowest BCUT2D eigenvalue weighted by Crippen LogP contribution is -2.07. The van der Waals surface area contributed by atoms with Gasteiger partial charge in [-0.05, 0) is 58.5 Å². The molecule has 3 rings (SSSR count). The van der Waals surface area contributed by atoms with Gasteiger partial charge in [-0.3, -0.25) is 0 Å². The molecule has 0 aliphatic carbocycles. The van der Waals surface area contributed by atoms with Crippen LogP contribution in [0.15, 0.2) is 36.7 Å². The summed E-state index contributed by atoms with van der Waals surface area (Å²) in [4.78, 5) is 12.4. The van der Waals surface area contributed by atoms with Gasteiger partial charge < -0.3 is 5.32 Å². The summed E-state index contributed by atoms with van der Waals surface area (Å²) in [6, 6.07) is 7.23. The summed E-state index contributed by atoms with van der Waals surface area (Å²) < 4.78 is 2.45. The Hall–Kier alpha value is -1.45. The number of anilines is 2. The van der Waals surface area contributed by atoms with E-state index in [1.807, 2.05) is 12.1 Å². The number of aromatic nitrogens is 5. The molecule has 6 nitrogen and oxygen atoms in total. The van der Waals surface area contributed by atoms with Crippen molar-refractivity contribution in [2.45, 2.75) is 0 Å². The van der Waals surface area contributed by atoms with Crippen LogP contribution in [0, 0.1) is 3.57 Å². The Morgan fingerprint density at radius 2 is 2.00 bits per heavy atom. The number of halogens is 3. The van der Waals surface area contributed by atoms with Crippen LogP contribution in [0.2, 0.25) is 10.3 Å². The molecule has 2 aromatic heterocycles. The highest BCUT2D eigenvalue weighted by Crippen LogP contribution is 2.24. The molecule has 0 atom stereocenters. The second-order valence-electron chi connectivity index (χ2n) is 3.93. The van der Waals surface area contributed by atoms with Crippen LogP contribution in [0.4, 0.5) is 11.6 Å². The molecule has 21 heavy (non-hydrogen) atoms. The highest BCUT2D eigenvalue weighted by Gasteiger charge is 2.09. The van der Waals surface area contributed by atoms with E-state index in [-0.39, 0.29) is 5.28 Å². The Bertz CT molecular complexity index is 777. The van der Waals surface area contributed by atoms with E-state index in [1.165, 1.54) is 4.68 Å². The lowest BCUT2D eigenvalue weighted by molar-refractivity contribution is 0.798. The normalized spacial score (nSPS) is 10.6. The van der Waals surface area contributed by atoms with Crippen LogP contribution in [0.1, 0.15) is 0 Å². The van der Waals surface area contributed by atoms with Crippen LogP contribution in [-0.2, 0) is 0 Å². The summed E-state index contributed by atoms with van der Waals surface area (Å²) in [7, 11) is 0. The molecule has 106 valence electrons. The van der Waals surface area contributed by atoms with Crippen LogP contribution < -0.4 is 5.32 Å². The molecule has 1 N–H and O–H groups in total. The van der Waals surface area contributed by atoms with Crippen molar-refractivity contribution < 1.29 is 0 Å². The van der Waals surface area contributed by atoms with Crippen molar-refractivity contribution in [2.75, 3.05) is 5.32 Å². The number of nitrogens with one attached hydrogen (secondary N) is 1. The summed E-state index contributed by atoms with van der Waals surface area (Å²) in [5.41, 5.74) is 0.827. The van der Waals surface area contributed by atoms with E-state index in [9.17, 15) is 0 Å². The van der Waals surface area contributed by atoms with E-state index < -0.39 is 0 Å². The van der Waals surface area contributed by atoms with E-state index in [4.69, 9.17) is 23.2 Å². The molecular formula is C12H7Cl2IN6. The summed E-state index contributed by atoms with van der Waals surface area (Å²) in [5.74, 6) is 0.673. The number of benzene rings is 1. The predicted octanol–water partition coefficient (Wildman–Crippen LogP) is 3.71. The van der Waals surface area contributed by atoms with Crippen molar-refractivity contribution in [1.82, 2.24) is 24.7 Å². The molecule has 2 heterocycles. The first-order valence-electron chi connectivity index (χ1n) is 5.75. The summed E-state index contributed by atoms with van der Waals surface area (Å²) in [6.45, 7) is 0. The third-order valence-corrected chi connectivity index (χ3v) is 3.78. The van der Waals surface area contributed by atoms with E-state index in [0.29, 0.717) is 16.9 Å². The quantitative estimate of drug-likeness (QED) is 0.639. The van der Waals surface area contributed by atoms with Crippen molar-refractivity contribution in [3.63, 3.8) is 0 Å². The van der Waals surface area contributed by atoms with Crippen molar-refractivity contribution >= 4 is 57.4 Å². The molecule has 0 aliphatic rings. The van der Waals surface area contributed by atoms with Crippen molar-refractivity contribution in [3.8, 4) is 5.95 Å². The first-order valence-corrected chi connectivity index (χ1v) is 7.59. The van der Waals surface area contributed by atoms with Gasteiger partial charge in [0.15, 0.2) is 0 Å². The van der Waals surface area contributed by atoms with Crippen LogP contribution in [-0.4, -0.2) is 24.7 Å². The van der Waals surface area contributed by atoms with Crippen LogP contribution in [0.25, 0.3) is 5.95 Å². The number of nitrogens with zero attached hydrogens (tertiary/aromatic N) is 5. The van der Waals surface area contributed by atoms with Gasteiger partial charge in [0.1, 0.15) is 0 Å². The Morgan fingerprint density at radius 3 is 2.71 bits per heavy atom. The molecule has 3 aromatic rings. The van der Waals surface area contributed by atoms with Gasteiger partial charge in [-0.15, -0.1) is 0 Å². The molecule has 0 unspecified atom stereocenters. The highest BCUT2D eigenvalue weighted by atomic mass is 127. The topological polar surface area (TPSA) is 68.5 Å². The van der Waals surface area contributed by atoms with Gasteiger partial charge in [0.05, 0.1) is 5.69 Å². The zero-order valence-electron chi connectivity index (χ0n) is 10.3. The molecule has 1 aromatic carbocycles. The number of hydrogen-bond acceptors (Lipinski definition) is 5. The standard InChI is InChI=1S/C12H7Cl2IN6/c13-7-2-3-9(8(15)6-7)17-11-18-10(14)19-12(20-11)21-5-1-4-16-21/h1-6H,(H,17,18,19,20). The van der Waals surface area contributed by atoms with Gasteiger partial charge >= 0.3 is 0 Å². The third kappa shape index (κ3) is 3.42. The van der Waals surface area contributed by atoms with Gasteiger partial charge in [-0.2, -0.15) is 20.1 Å². The molecule has 9 heteroatoms. The molecule has 0 fully saturated rings. The molecule has 0 aliphatic heterocycles. The summed E-state index contributed by atoms with van der Waals surface area (Å²) in [6.07, 6.45) is 3.36. The lowest BCUT2D eigenvalue weighted by atomic mass is 10.3. The zero-order chi connectivity index (χ0) is 14.8. The van der Waals surface area contributed by atoms with Crippen molar-refractivity contribution in [3.05, 3.63) is 50.5 Å². The van der Waals surface area contributed by atoms with Crippen molar-refractivity contribution in [1.29, 1.82) is 0 Å². The van der Waals surface area contributed by atoms with E-state index in [2.05, 4.69) is 48.0 Å². The molecule has 0 spiro atoms. The molecular weight excluding hydrogens is 426 g/mol. The van der Waals surface area contributed by atoms with Gasteiger partial charge in [0.2, 0.25) is 11.2 Å². The van der Waals surface area contributed by atoms with E-state index in [1.54, 1.807) is 24.5 Å². The average Bonchev–Trinajstić information content (AvgIpc) is 2.95. The van der Waals surface area contributed by atoms with Crippen molar-refractivity contribution in [2.24, 2.45) is 0 Å². The van der Waals surface area contributed by atoms with Crippen LogP contribution in [0.3, 0.4) is 0 Å². The maximum Gasteiger partial charge on any atom is 0.256 e. The number of rotatable bonds is 3. The van der Waals surface area contributed by atoms with Crippen LogP contribution in [0.5, 0.6) is 0 Å². The van der Waals surface area contributed by atoms with E-state index in [0.717, 1.165) is 9.26 Å². The number of hydrogen-bond donors (Lipinski definition) is 1. The zero-order valence-corrected chi connectivity index (χ0v) is 14.0. The lowest BCUT2D eigenvalue weighted by Gasteiger charge is -2.08. The summed E-state index contributed by atoms with van der Waals surface area (Å²) >= 11 is 14.0. The molecule has 0 saturated carbocycles. The Kier molecular flexibility index (Phi) is 4.22. The highest BCUT2D eigenvalue weighted by molar-refractivity contribution is 14.1. The predicted molar refractivity (Wildman–Crippen MR) is 89.4 cm³/mol. The monoisotopic (exact) mass is 432 g/mol. The minimum Gasteiger partial charge on any atom is -0.323 e. The minimum absolute atomic E-state index is 0.0852. The summed E-state index contributed by atoms with van der Waals surface area (Å²) in [5, 5.41) is 7.90. The third-order valence-electron chi connectivity index (χ3n) is 2.48. The average molecular weight is 433 g/mol. The maximum absolute atomic E-state index is 5.93. The Balaban J connectivity index is 1.95. The fraction of sp³-hybridized carbons (Fsp3) is 0. The first-order chi connectivity index (χ1) is 10.1. The maximum atomic E-state index is 5.93. The van der Waals surface area contributed by atoms with Crippen LogP contribution >= 0.6 is 45.8 Å². The second kappa shape index (κ2) is 6.12. The Labute approximate surface area is 143 Å². The largest absolute Gasteiger partial charge is 0.323 e. The fourth-order valence-electron chi connectivity index (χ4n) is 1.60.